The molecule has 0 bridgehead atoms. The van der Waals surface area contributed by atoms with E-state index in [0.29, 0.717) is 11.1 Å². The van der Waals surface area contributed by atoms with E-state index in [0.717, 1.165) is 6.92 Å². The van der Waals surface area contributed by atoms with Gasteiger partial charge in [0.05, 0.1) is 10.9 Å². The van der Waals surface area contributed by atoms with Crippen molar-refractivity contribution in [1.82, 2.24) is 0 Å². The molecule has 1 unspecified atom stereocenters. The van der Waals surface area contributed by atoms with Crippen molar-refractivity contribution in [3.05, 3.63) is 94.1 Å². The molecule has 1 aromatic heterocycles. The summed E-state index contributed by atoms with van der Waals surface area (Å²) < 4.78 is 82.5. The summed E-state index contributed by atoms with van der Waals surface area (Å²) in [5.41, 5.74) is 0.729. The standard InChI is InChI=1S/C24H13F5O5/c1-11(33-23-20(28)18(26)17(25)19(27)21(23)29)24(31)34-13-7-8-14-16(9-13)32-10-15(22(14)30)12-5-3-2-4-6-12/h2-11H,1H3. The van der Waals surface area contributed by atoms with Crippen LogP contribution in [0.25, 0.3) is 22.1 Å². The molecular formula is C24H13F5O5. The van der Waals surface area contributed by atoms with Crippen molar-refractivity contribution in [2.45, 2.75) is 13.0 Å². The quantitative estimate of drug-likeness (QED) is 0.125. The molecule has 0 N–H and O–H groups in total. The van der Waals surface area contributed by atoms with Gasteiger partial charge in [-0.05, 0) is 24.6 Å². The van der Waals surface area contributed by atoms with Gasteiger partial charge in [-0.2, -0.15) is 8.78 Å². The molecule has 4 aromatic rings. The Balaban J connectivity index is 1.56. The molecule has 1 heterocycles. The summed E-state index contributed by atoms with van der Waals surface area (Å²) in [7, 11) is 0. The normalized spacial score (nSPS) is 11.9. The van der Waals surface area contributed by atoms with Crippen LogP contribution in [0, 0.1) is 29.1 Å². The SMILES string of the molecule is CC(Oc1c(F)c(F)c(F)c(F)c1F)C(=O)Oc1ccc2c(=O)c(-c3ccccc3)coc2c1. The molecule has 34 heavy (non-hydrogen) atoms. The Labute approximate surface area is 188 Å². The van der Waals surface area contributed by atoms with Crippen molar-refractivity contribution in [3.8, 4) is 22.6 Å². The van der Waals surface area contributed by atoms with Crippen LogP contribution >= 0.6 is 0 Å². The Morgan fingerprint density at radius 1 is 0.882 bits per heavy atom. The summed E-state index contributed by atoms with van der Waals surface area (Å²) in [5.74, 6) is -14.2. The summed E-state index contributed by atoms with van der Waals surface area (Å²) >= 11 is 0. The van der Waals surface area contributed by atoms with Crippen LogP contribution in [-0.2, 0) is 4.79 Å². The van der Waals surface area contributed by atoms with E-state index in [1.807, 2.05) is 0 Å². The lowest BCUT2D eigenvalue weighted by Gasteiger charge is -2.15. The Hall–Kier alpha value is -4.21. The summed E-state index contributed by atoms with van der Waals surface area (Å²) in [6.45, 7) is 0.994. The monoisotopic (exact) mass is 476 g/mol. The molecule has 0 spiro atoms. The van der Waals surface area contributed by atoms with E-state index >= 15 is 0 Å². The van der Waals surface area contributed by atoms with Crippen molar-refractivity contribution in [2.24, 2.45) is 0 Å². The molecule has 5 nitrogen and oxygen atoms in total. The summed E-state index contributed by atoms with van der Waals surface area (Å²) in [6, 6.07) is 12.6. The first kappa shape index (κ1) is 23.0. The smallest absolute Gasteiger partial charge is 0.352 e. The number of rotatable bonds is 5. The molecule has 1 atom stereocenters. The Kier molecular flexibility index (Phi) is 6.06. The number of carbonyl (C=O) groups excluding carboxylic acids is 1. The topological polar surface area (TPSA) is 65.7 Å². The summed E-state index contributed by atoms with van der Waals surface area (Å²) in [4.78, 5) is 25.0. The van der Waals surface area contributed by atoms with Gasteiger partial charge in [0.25, 0.3) is 0 Å². The predicted molar refractivity (Wildman–Crippen MR) is 110 cm³/mol. The highest BCUT2D eigenvalue weighted by molar-refractivity contribution is 5.84. The highest BCUT2D eigenvalue weighted by Crippen LogP contribution is 2.30. The molecule has 0 saturated heterocycles. The van der Waals surface area contributed by atoms with Crippen LogP contribution < -0.4 is 14.9 Å². The molecule has 0 fully saturated rings. The van der Waals surface area contributed by atoms with E-state index in [1.165, 1.54) is 24.5 Å². The van der Waals surface area contributed by atoms with Crippen LogP contribution in [0.4, 0.5) is 22.0 Å². The number of benzene rings is 3. The maximum Gasteiger partial charge on any atom is 0.352 e. The zero-order valence-electron chi connectivity index (χ0n) is 17.2. The van der Waals surface area contributed by atoms with Gasteiger partial charge in [-0.25, -0.2) is 18.0 Å². The van der Waals surface area contributed by atoms with Crippen molar-refractivity contribution in [3.63, 3.8) is 0 Å². The molecule has 4 rings (SSSR count). The number of fused-ring (bicyclic) bond motifs is 1. The van der Waals surface area contributed by atoms with Crippen LogP contribution in [0.15, 0.2) is 64.0 Å². The highest BCUT2D eigenvalue weighted by Gasteiger charge is 2.30. The van der Waals surface area contributed by atoms with Gasteiger partial charge >= 0.3 is 5.97 Å². The zero-order valence-corrected chi connectivity index (χ0v) is 17.2. The van der Waals surface area contributed by atoms with Gasteiger partial charge in [-0.3, -0.25) is 4.79 Å². The first-order valence-corrected chi connectivity index (χ1v) is 9.69. The van der Waals surface area contributed by atoms with Crippen molar-refractivity contribution < 1.29 is 40.6 Å². The number of halogens is 5. The number of hydrogen-bond acceptors (Lipinski definition) is 5. The molecule has 0 radical (unpaired) electrons. The van der Waals surface area contributed by atoms with Gasteiger partial charge in [0.15, 0.2) is 17.3 Å². The maximum absolute atomic E-state index is 13.8. The largest absolute Gasteiger partial charge is 0.473 e. The van der Waals surface area contributed by atoms with Gasteiger partial charge in [0.1, 0.15) is 17.6 Å². The highest BCUT2D eigenvalue weighted by atomic mass is 19.2. The van der Waals surface area contributed by atoms with E-state index in [9.17, 15) is 31.5 Å². The predicted octanol–water partition coefficient (Wildman–Crippen LogP) is 5.53. The molecule has 0 aliphatic rings. The summed E-state index contributed by atoms with van der Waals surface area (Å²) in [5, 5.41) is 0.201. The molecule has 174 valence electrons. The van der Waals surface area contributed by atoms with Gasteiger partial charge in [0.2, 0.25) is 29.1 Å². The zero-order chi connectivity index (χ0) is 24.6. The van der Waals surface area contributed by atoms with E-state index in [2.05, 4.69) is 4.74 Å². The Bertz CT molecular complexity index is 1440. The van der Waals surface area contributed by atoms with Crippen molar-refractivity contribution in [1.29, 1.82) is 0 Å². The fraction of sp³-hybridized carbons (Fsp3) is 0.0833. The number of carbonyl (C=O) groups is 1. The van der Waals surface area contributed by atoms with Gasteiger partial charge in [-0.15, -0.1) is 0 Å². The lowest BCUT2D eigenvalue weighted by Crippen LogP contribution is -2.29. The average molecular weight is 476 g/mol. The molecule has 3 aromatic carbocycles. The third-order valence-corrected chi connectivity index (χ3v) is 4.85. The van der Waals surface area contributed by atoms with Crippen molar-refractivity contribution >= 4 is 16.9 Å². The molecule has 0 amide bonds. The second-order valence-corrected chi connectivity index (χ2v) is 7.08. The van der Waals surface area contributed by atoms with E-state index in [4.69, 9.17) is 9.15 Å². The maximum atomic E-state index is 13.8. The van der Waals surface area contributed by atoms with Gasteiger partial charge < -0.3 is 13.9 Å². The number of ether oxygens (including phenoxy) is 2. The number of esters is 1. The summed E-state index contributed by atoms with van der Waals surface area (Å²) in [6.07, 6.45) is -0.503. The Morgan fingerprint density at radius 3 is 2.15 bits per heavy atom. The fourth-order valence-corrected chi connectivity index (χ4v) is 3.10. The molecule has 0 aliphatic carbocycles. The first-order valence-electron chi connectivity index (χ1n) is 9.69. The first-order chi connectivity index (χ1) is 16.2. The van der Waals surface area contributed by atoms with Gasteiger partial charge in [-0.1, -0.05) is 30.3 Å². The molecule has 0 aliphatic heterocycles. The van der Waals surface area contributed by atoms with Gasteiger partial charge in [0, 0.05) is 6.07 Å². The minimum atomic E-state index is -2.36. The third kappa shape index (κ3) is 4.09. The minimum absolute atomic E-state index is 0.0864. The average Bonchev–Trinajstić information content (AvgIpc) is 2.84. The van der Waals surface area contributed by atoms with Crippen LogP contribution in [0.1, 0.15) is 6.92 Å². The van der Waals surface area contributed by atoms with Crippen LogP contribution in [0.3, 0.4) is 0 Å². The number of hydrogen-bond donors (Lipinski definition) is 0. The van der Waals surface area contributed by atoms with Crippen LogP contribution in [0.2, 0.25) is 0 Å². The van der Waals surface area contributed by atoms with Crippen molar-refractivity contribution in [2.75, 3.05) is 0 Å². The fourth-order valence-electron chi connectivity index (χ4n) is 3.10. The lowest BCUT2D eigenvalue weighted by molar-refractivity contribution is -0.141. The van der Waals surface area contributed by atoms with E-state index in [-0.39, 0.29) is 22.1 Å². The van der Waals surface area contributed by atoms with E-state index < -0.39 is 46.9 Å². The second kappa shape index (κ2) is 8.97. The minimum Gasteiger partial charge on any atom is -0.473 e. The van der Waals surface area contributed by atoms with E-state index in [1.54, 1.807) is 30.3 Å². The van der Waals surface area contributed by atoms with Crippen LogP contribution in [-0.4, -0.2) is 12.1 Å². The molecule has 10 heteroatoms. The molecular weight excluding hydrogens is 463 g/mol. The molecule has 0 saturated carbocycles. The lowest BCUT2D eigenvalue weighted by atomic mass is 10.1. The third-order valence-electron chi connectivity index (χ3n) is 4.85. The Morgan fingerprint density at radius 2 is 1.50 bits per heavy atom. The van der Waals surface area contributed by atoms with Crippen LogP contribution in [0.5, 0.6) is 11.5 Å². The second-order valence-electron chi connectivity index (χ2n) is 7.08.